The number of esters is 1. The number of benzene rings is 1. The third-order valence-electron chi connectivity index (χ3n) is 6.94. The molecular formula is C29H44N6O4S. The Morgan fingerprint density at radius 2 is 1.93 bits per heavy atom. The molecule has 0 saturated carbocycles. The molecule has 3 amide bonds. The molecule has 1 aromatic rings. The number of nitriles is 1. The first-order chi connectivity index (χ1) is 19.0. The summed E-state index contributed by atoms with van der Waals surface area (Å²) >= 11 is 1.54. The van der Waals surface area contributed by atoms with Crippen LogP contribution in [0.4, 0.5) is 10.5 Å². The minimum atomic E-state index is -0.873. The van der Waals surface area contributed by atoms with E-state index in [1.807, 2.05) is 50.8 Å². The fourth-order valence-corrected chi connectivity index (χ4v) is 6.51. The third-order valence-corrected chi connectivity index (χ3v) is 8.47. The molecule has 0 radical (unpaired) electrons. The number of carbonyl (C=O) groups excluding carboxylic acids is 3. The predicted molar refractivity (Wildman–Crippen MR) is 158 cm³/mol. The highest BCUT2D eigenvalue weighted by Gasteiger charge is 2.41. The first-order valence-corrected chi connectivity index (χ1v) is 15.1. The molecular weight excluding hydrogens is 528 g/mol. The number of hydrogen-bond donors (Lipinski definition) is 2. The first kappa shape index (κ1) is 31.6. The van der Waals surface area contributed by atoms with Crippen molar-refractivity contribution < 1.29 is 19.1 Å². The summed E-state index contributed by atoms with van der Waals surface area (Å²) < 4.78 is 5.02. The molecule has 2 aliphatic heterocycles. The van der Waals surface area contributed by atoms with Crippen LogP contribution in [-0.2, 0) is 20.9 Å². The molecule has 2 saturated heterocycles. The maximum absolute atomic E-state index is 13.0. The molecule has 11 heteroatoms. The van der Waals surface area contributed by atoms with Gasteiger partial charge in [0.25, 0.3) is 0 Å². The van der Waals surface area contributed by atoms with Crippen molar-refractivity contribution >= 4 is 35.4 Å². The second-order valence-electron chi connectivity index (χ2n) is 11.2. The topological polar surface area (TPSA) is 118 Å². The second-order valence-corrected chi connectivity index (χ2v) is 12.6. The number of nitrogens with one attached hydrogen (secondary N) is 2. The number of ether oxygens (including phenoxy) is 1. The van der Waals surface area contributed by atoms with Gasteiger partial charge in [0.15, 0.2) is 0 Å². The molecule has 0 aliphatic carbocycles. The molecule has 3 rings (SSSR count). The van der Waals surface area contributed by atoms with Gasteiger partial charge in [-0.25, -0.2) is 4.79 Å². The highest BCUT2D eigenvalue weighted by Crippen LogP contribution is 2.37. The van der Waals surface area contributed by atoms with Gasteiger partial charge in [-0.15, -0.1) is 11.8 Å². The predicted octanol–water partition coefficient (Wildman–Crippen LogP) is 3.50. The van der Waals surface area contributed by atoms with Gasteiger partial charge >= 0.3 is 12.0 Å². The molecule has 0 bridgehead atoms. The summed E-state index contributed by atoms with van der Waals surface area (Å²) in [5.41, 5.74) is 1.96. The van der Waals surface area contributed by atoms with Crippen LogP contribution in [0.5, 0.6) is 0 Å². The van der Waals surface area contributed by atoms with Gasteiger partial charge in [0.2, 0.25) is 5.91 Å². The van der Waals surface area contributed by atoms with Crippen LogP contribution < -0.4 is 10.6 Å². The van der Waals surface area contributed by atoms with Crippen LogP contribution >= 0.6 is 11.8 Å². The summed E-state index contributed by atoms with van der Waals surface area (Å²) in [5.74, 6) is -1.33. The van der Waals surface area contributed by atoms with Crippen LogP contribution in [0.25, 0.3) is 0 Å². The quantitative estimate of drug-likeness (QED) is 0.387. The summed E-state index contributed by atoms with van der Waals surface area (Å²) in [6.07, 6.45) is 0.928. The van der Waals surface area contributed by atoms with Crippen molar-refractivity contribution in [3.05, 3.63) is 29.8 Å². The zero-order chi connectivity index (χ0) is 29.3. The van der Waals surface area contributed by atoms with E-state index >= 15 is 0 Å². The SMILES string of the molecule is CCOC(=O)C(C#N)CC1SC(CCNc2cccc(CN3CCN(C(=O)NC(C)(C)C)CC3)c2)C(=O)N1CC. The van der Waals surface area contributed by atoms with Crippen LogP contribution in [-0.4, -0.2) is 94.6 Å². The highest BCUT2D eigenvalue weighted by atomic mass is 32.2. The van der Waals surface area contributed by atoms with Crippen LogP contribution in [0, 0.1) is 17.2 Å². The molecule has 0 aromatic heterocycles. The van der Waals surface area contributed by atoms with Gasteiger partial charge in [0.05, 0.1) is 23.3 Å². The van der Waals surface area contributed by atoms with E-state index in [9.17, 15) is 19.6 Å². The van der Waals surface area contributed by atoms with Gasteiger partial charge < -0.3 is 25.2 Å². The molecule has 1 aromatic carbocycles. The normalized spacial score (nSPS) is 20.6. The largest absolute Gasteiger partial charge is 0.465 e. The van der Waals surface area contributed by atoms with Gasteiger partial charge in [-0.3, -0.25) is 14.5 Å². The Kier molecular flexibility index (Phi) is 11.5. The molecule has 2 fully saturated rings. The van der Waals surface area contributed by atoms with E-state index in [2.05, 4.69) is 27.7 Å². The Morgan fingerprint density at radius 3 is 2.55 bits per heavy atom. The number of rotatable bonds is 11. The fraction of sp³-hybridized carbons (Fsp3) is 0.655. The molecule has 2 aliphatic rings. The van der Waals surface area contributed by atoms with Gasteiger partial charge in [-0.05, 0) is 58.7 Å². The lowest BCUT2D eigenvalue weighted by Crippen LogP contribution is -2.54. The lowest BCUT2D eigenvalue weighted by molar-refractivity contribution is -0.146. The Bertz CT molecular complexity index is 1060. The van der Waals surface area contributed by atoms with Crippen molar-refractivity contribution in [3.8, 4) is 6.07 Å². The summed E-state index contributed by atoms with van der Waals surface area (Å²) in [4.78, 5) is 43.6. The first-order valence-electron chi connectivity index (χ1n) is 14.2. The van der Waals surface area contributed by atoms with Crippen molar-refractivity contribution in [2.45, 2.75) is 70.2 Å². The second kappa shape index (κ2) is 14.6. The zero-order valence-electron chi connectivity index (χ0n) is 24.4. The lowest BCUT2D eigenvalue weighted by Gasteiger charge is -2.36. The van der Waals surface area contributed by atoms with Gasteiger partial charge in [0.1, 0.15) is 5.92 Å². The van der Waals surface area contributed by atoms with Crippen molar-refractivity contribution in [2.75, 3.05) is 51.2 Å². The van der Waals surface area contributed by atoms with E-state index in [0.29, 0.717) is 32.6 Å². The number of urea groups is 1. The monoisotopic (exact) mass is 572 g/mol. The third kappa shape index (κ3) is 9.03. The zero-order valence-corrected chi connectivity index (χ0v) is 25.3. The number of carbonyl (C=O) groups is 3. The van der Waals surface area contributed by atoms with Gasteiger partial charge in [0, 0.05) is 63.5 Å². The number of piperazine rings is 1. The Balaban J connectivity index is 1.46. The summed E-state index contributed by atoms with van der Waals surface area (Å²) in [6.45, 7) is 14.9. The minimum Gasteiger partial charge on any atom is -0.465 e. The average Bonchev–Trinajstić information content (AvgIpc) is 3.20. The Hall–Kier alpha value is -2.97. The summed E-state index contributed by atoms with van der Waals surface area (Å²) in [5, 5.41) is 15.5. The summed E-state index contributed by atoms with van der Waals surface area (Å²) in [6, 6.07) is 10.3. The smallest absolute Gasteiger partial charge is 0.323 e. The molecule has 2 N–H and O–H groups in total. The van der Waals surface area contributed by atoms with Crippen molar-refractivity contribution in [2.24, 2.45) is 5.92 Å². The molecule has 220 valence electrons. The molecule has 10 nitrogen and oxygen atoms in total. The van der Waals surface area contributed by atoms with Gasteiger partial charge in [-0.1, -0.05) is 12.1 Å². The fourth-order valence-electron chi connectivity index (χ4n) is 4.92. The maximum atomic E-state index is 13.0. The van der Waals surface area contributed by atoms with Crippen molar-refractivity contribution in [1.29, 1.82) is 5.26 Å². The number of anilines is 1. The number of nitrogens with zero attached hydrogens (tertiary/aromatic N) is 4. The standard InChI is InChI=1S/C29H44N6O4S/c1-6-35-25(18-22(19-30)27(37)39-7-2)40-24(26(35)36)11-12-31-23-10-8-9-21(17-23)20-33-13-15-34(16-14-33)28(38)32-29(3,4)5/h8-10,17,22,24-25,31H,6-7,11-16,18,20H2,1-5H3,(H,32,38). The molecule has 3 unspecified atom stereocenters. The Labute approximate surface area is 242 Å². The van der Waals surface area contributed by atoms with Crippen LogP contribution in [0.3, 0.4) is 0 Å². The maximum Gasteiger partial charge on any atom is 0.323 e. The highest BCUT2D eigenvalue weighted by molar-refractivity contribution is 8.01. The average molecular weight is 573 g/mol. The minimum absolute atomic E-state index is 0.00508. The van der Waals surface area contributed by atoms with Crippen LogP contribution in [0.15, 0.2) is 24.3 Å². The Morgan fingerprint density at radius 1 is 1.20 bits per heavy atom. The molecule has 40 heavy (non-hydrogen) atoms. The van der Waals surface area contributed by atoms with Gasteiger partial charge in [-0.2, -0.15) is 5.26 Å². The molecule has 2 heterocycles. The van der Waals surface area contributed by atoms with Crippen LogP contribution in [0.1, 0.15) is 53.0 Å². The number of hydrogen-bond acceptors (Lipinski definition) is 8. The van der Waals surface area contributed by atoms with E-state index in [4.69, 9.17) is 4.74 Å². The number of amides is 3. The van der Waals surface area contributed by atoms with E-state index < -0.39 is 11.9 Å². The number of thioether (sulfide) groups is 1. The van der Waals surface area contributed by atoms with E-state index in [1.54, 1.807) is 11.8 Å². The van der Waals surface area contributed by atoms with E-state index in [1.165, 1.54) is 17.3 Å². The van der Waals surface area contributed by atoms with Crippen molar-refractivity contribution in [3.63, 3.8) is 0 Å². The van der Waals surface area contributed by atoms with E-state index in [-0.39, 0.29) is 41.1 Å². The summed E-state index contributed by atoms with van der Waals surface area (Å²) in [7, 11) is 0. The molecule has 0 spiro atoms. The van der Waals surface area contributed by atoms with Crippen LogP contribution in [0.2, 0.25) is 0 Å². The van der Waals surface area contributed by atoms with E-state index in [0.717, 1.165) is 25.3 Å². The molecule has 3 atom stereocenters. The lowest BCUT2D eigenvalue weighted by atomic mass is 10.1. The van der Waals surface area contributed by atoms with Crippen molar-refractivity contribution in [1.82, 2.24) is 20.0 Å².